The number of carbonyl (C=O) groups excluding carboxylic acids is 1. The summed E-state index contributed by atoms with van der Waals surface area (Å²) in [6, 6.07) is 15.7. The number of carbonyl (C=O) groups is 1. The van der Waals surface area contributed by atoms with Crippen LogP contribution in [0.15, 0.2) is 54.7 Å². The molecule has 6 nitrogen and oxygen atoms in total. The number of methoxy groups -OCH3 is 2. The van der Waals surface area contributed by atoms with Crippen molar-refractivity contribution < 1.29 is 14.3 Å². The predicted molar refractivity (Wildman–Crippen MR) is 112 cm³/mol. The number of rotatable bonds is 7. The summed E-state index contributed by atoms with van der Waals surface area (Å²) in [6.07, 6.45) is 4.16. The smallest absolute Gasteiger partial charge is 0.229 e. The number of hydrogen-bond acceptors (Lipinski definition) is 4. The number of nitrogens with zero attached hydrogens (tertiary/aromatic N) is 1. The lowest BCUT2D eigenvalue weighted by molar-refractivity contribution is -0.115. The number of nitrogens with one attached hydrogen (secondary N) is 2. The van der Waals surface area contributed by atoms with Crippen molar-refractivity contribution in [2.75, 3.05) is 19.5 Å². The van der Waals surface area contributed by atoms with E-state index >= 15 is 0 Å². The van der Waals surface area contributed by atoms with E-state index in [0.29, 0.717) is 24.1 Å². The molecule has 2 aromatic carbocycles. The molecule has 1 aliphatic carbocycles. The molecule has 29 heavy (non-hydrogen) atoms. The van der Waals surface area contributed by atoms with Crippen LogP contribution in [-0.2, 0) is 11.2 Å². The summed E-state index contributed by atoms with van der Waals surface area (Å²) in [5.74, 6) is 3.19. The molecule has 3 aromatic rings. The number of ether oxygens (including phenoxy) is 2. The van der Waals surface area contributed by atoms with E-state index in [1.54, 1.807) is 14.2 Å². The Morgan fingerprint density at radius 1 is 1.03 bits per heavy atom. The van der Waals surface area contributed by atoms with Crippen LogP contribution in [0.5, 0.6) is 11.5 Å². The van der Waals surface area contributed by atoms with Gasteiger partial charge in [0.1, 0.15) is 17.3 Å². The van der Waals surface area contributed by atoms with Crippen molar-refractivity contribution in [1.29, 1.82) is 0 Å². The minimum atomic E-state index is -0.0683. The Bertz CT molecular complexity index is 975. The SMILES string of the molecule is COc1ccc(CC(=O)Nc2[nH]ncc2C2CC(c3ccccc3OC)C2)cc1. The summed E-state index contributed by atoms with van der Waals surface area (Å²) >= 11 is 0. The van der Waals surface area contributed by atoms with E-state index in [1.807, 2.05) is 48.7 Å². The zero-order valence-corrected chi connectivity index (χ0v) is 16.6. The van der Waals surface area contributed by atoms with Crippen molar-refractivity contribution in [2.45, 2.75) is 31.1 Å². The number of aromatic amines is 1. The van der Waals surface area contributed by atoms with E-state index in [-0.39, 0.29) is 5.91 Å². The Hall–Kier alpha value is -3.28. The van der Waals surface area contributed by atoms with E-state index in [1.165, 1.54) is 5.56 Å². The lowest BCUT2D eigenvalue weighted by Crippen LogP contribution is -2.22. The minimum Gasteiger partial charge on any atom is -0.497 e. The molecular formula is C23H25N3O3. The highest BCUT2D eigenvalue weighted by molar-refractivity contribution is 5.92. The second kappa shape index (κ2) is 8.39. The Kier molecular flexibility index (Phi) is 5.51. The third kappa shape index (κ3) is 4.11. The molecule has 1 amide bonds. The molecule has 0 bridgehead atoms. The highest BCUT2D eigenvalue weighted by Gasteiger charge is 2.35. The fourth-order valence-electron chi connectivity index (χ4n) is 3.95. The molecule has 1 aromatic heterocycles. The number of aromatic nitrogens is 2. The lowest BCUT2D eigenvalue weighted by atomic mass is 9.69. The van der Waals surface area contributed by atoms with Crippen molar-refractivity contribution in [3.8, 4) is 11.5 Å². The van der Waals surface area contributed by atoms with Gasteiger partial charge in [-0.05, 0) is 54.0 Å². The molecule has 1 heterocycles. The first-order valence-electron chi connectivity index (χ1n) is 9.77. The Labute approximate surface area is 170 Å². The Morgan fingerprint density at radius 2 is 1.76 bits per heavy atom. The maximum Gasteiger partial charge on any atom is 0.229 e. The van der Waals surface area contributed by atoms with Gasteiger partial charge in [0.25, 0.3) is 0 Å². The van der Waals surface area contributed by atoms with Gasteiger partial charge >= 0.3 is 0 Å². The lowest BCUT2D eigenvalue weighted by Gasteiger charge is -2.36. The maximum atomic E-state index is 12.5. The summed E-state index contributed by atoms with van der Waals surface area (Å²) in [7, 11) is 3.34. The normalized spacial score (nSPS) is 18.0. The van der Waals surface area contributed by atoms with Gasteiger partial charge in [-0.15, -0.1) is 0 Å². The fraction of sp³-hybridized carbons (Fsp3) is 0.304. The van der Waals surface area contributed by atoms with Crippen LogP contribution in [0.1, 0.15) is 41.4 Å². The molecule has 150 valence electrons. The van der Waals surface area contributed by atoms with Crippen LogP contribution in [-0.4, -0.2) is 30.3 Å². The fourth-order valence-corrected chi connectivity index (χ4v) is 3.95. The molecule has 0 unspecified atom stereocenters. The molecule has 0 aliphatic heterocycles. The zero-order chi connectivity index (χ0) is 20.2. The number of H-pyrrole nitrogens is 1. The molecule has 0 saturated heterocycles. The predicted octanol–water partition coefficient (Wildman–Crippen LogP) is 4.27. The Morgan fingerprint density at radius 3 is 2.48 bits per heavy atom. The molecule has 1 saturated carbocycles. The summed E-state index contributed by atoms with van der Waals surface area (Å²) in [4.78, 5) is 12.5. The molecule has 0 radical (unpaired) electrons. The number of amides is 1. The number of benzene rings is 2. The largest absolute Gasteiger partial charge is 0.497 e. The van der Waals surface area contributed by atoms with Crippen LogP contribution in [0.2, 0.25) is 0 Å². The van der Waals surface area contributed by atoms with Gasteiger partial charge in [0, 0.05) is 5.56 Å². The first-order chi connectivity index (χ1) is 14.2. The van der Waals surface area contributed by atoms with E-state index in [4.69, 9.17) is 9.47 Å². The molecule has 2 N–H and O–H groups in total. The second-order valence-electron chi connectivity index (χ2n) is 7.38. The second-order valence-corrected chi connectivity index (χ2v) is 7.38. The van der Waals surface area contributed by atoms with Crippen LogP contribution in [0, 0.1) is 0 Å². The third-order valence-electron chi connectivity index (χ3n) is 5.61. The highest BCUT2D eigenvalue weighted by atomic mass is 16.5. The van der Waals surface area contributed by atoms with Gasteiger partial charge in [0.05, 0.1) is 26.8 Å². The van der Waals surface area contributed by atoms with Gasteiger partial charge in [-0.1, -0.05) is 30.3 Å². The molecule has 0 spiro atoms. The van der Waals surface area contributed by atoms with Gasteiger partial charge < -0.3 is 14.8 Å². The summed E-state index contributed by atoms with van der Waals surface area (Å²) in [5.41, 5.74) is 3.25. The number of para-hydroxylation sites is 1. The molecule has 4 rings (SSSR count). The van der Waals surface area contributed by atoms with Crippen LogP contribution >= 0.6 is 0 Å². The van der Waals surface area contributed by atoms with Crippen LogP contribution in [0.4, 0.5) is 5.82 Å². The quantitative estimate of drug-likeness (QED) is 0.631. The zero-order valence-electron chi connectivity index (χ0n) is 16.6. The summed E-state index contributed by atoms with van der Waals surface area (Å²) in [6.45, 7) is 0. The van der Waals surface area contributed by atoms with Gasteiger partial charge in [-0.2, -0.15) is 5.10 Å². The van der Waals surface area contributed by atoms with Gasteiger partial charge in [-0.3, -0.25) is 9.89 Å². The van der Waals surface area contributed by atoms with Crippen molar-refractivity contribution in [2.24, 2.45) is 0 Å². The van der Waals surface area contributed by atoms with Crippen molar-refractivity contribution in [3.05, 3.63) is 71.4 Å². The Balaban J connectivity index is 1.37. The average Bonchev–Trinajstić information content (AvgIpc) is 3.15. The highest BCUT2D eigenvalue weighted by Crippen LogP contribution is 2.50. The van der Waals surface area contributed by atoms with Crippen molar-refractivity contribution in [1.82, 2.24) is 10.2 Å². The number of anilines is 1. The van der Waals surface area contributed by atoms with Crippen molar-refractivity contribution >= 4 is 11.7 Å². The molecule has 1 aliphatic rings. The van der Waals surface area contributed by atoms with E-state index < -0.39 is 0 Å². The van der Waals surface area contributed by atoms with E-state index in [0.717, 1.165) is 35.5 Å². The summed E-state index contributed by atoms with van der Waals surface area (Å²) < 4.78 is 10.6. The van der Waals surface area contributed by atoms with Gasteiger partial charge in [-0.25, -0.2) is 0 Å². The number of hydrogen-bond donors (Lipinski definition) is 2. The average molecular weight is 391 g/mol. The van der Waals surface area contributed by atoms with Gasteiger partial charge in [0.2, 0.25) is 5.91 Å². The van der Waals surface area contributed by atoms with Crippen molar-refractivity contribution in [3.63, 3.8) is 0 Å². The molecule has 0 atom stereocenters. The third-order valence-corrected chi connectivity index (χ3v) is 5.61. The van der Waals surface area contributed by atoms with Crippen LogP contribution in [0.25, 0.3) is 0 Å². The molecular weight excluding hydrogens is 366 g/mol. The minimum absolute atomic E-state index is 0.0683. The van der Waals surface area contributed by atoms with E-state index in [2.05, 4.69) is 21.6 Å². The van der Waals surface area contributed by atoms with Gasteiger partial charge in [0.15, 0.2) is 0 Å². The first-order valence-corrected chi connectivity index (χ1v) is 9.77. The maximum absolute atomic E-state index is 12.5. The topological polar surface area (TPSA) is 76.2 Å². The molecule has 1 fully saturated rings. The molecule has 6 heteroatoms. The standard InChI is InChI=1S/C23H25N3O3/c1-28-18-9-7-15(8-10-18)11-22(27)25-23-20(14-24-26-23)17-12-16(13-17)19-5-3-4-6-21(19)29-2/h3-10,14,16-17H,11-13H2,1-2H3,(H2,24,25,26,27). The van der Waals surface area contributed by atoms with E-state index in [9.17, 15) is 4.79 Å². The first kappa shape index (κ1) is 19.1. The van der Waals surface area contributed by atoms with Crippen LogP contribution < -0.4 is 14.8 Å². The monoisotopic (exact) mass is 391 g/mol. The summed E-state index contributed by atoms with van der Waals surface area (Å²) in [5, 5.41) is 10.1. The van der Waals surface area contributed by atoms with Crippen LogP contribution in [0.3, 0.4) is 0 Å².